The molecule has 0 radical (unpaired) electrons. The molecule has 1 aromatic carbocycles. The molecule has 0 unspecified atom stereocenters. The highest BCUT2D eigenvalue weighted by Crippen LogP contribution is 2.23. The molecular weight excluding hydrogens is 293 g/mol. The molecular formula is C15H19Cl2N3. The van der Waals surface area contributed by atoms with Gasteiger partial charge in [0.25, 0.3) is 0 Å². The van der Waals surface area contributed by atoms with Crippen LogP contribution in [-0.2, 0) is 25.4 Å². The fraction of sp³-hybridized carbons (Fsp3) is 0.400. The van der Waals surface area contributed by atoms with Crippen LogP contribution in [0, 0.1) is 0 Å². The van der Waals surface area contributed by atoms with Gasteiger partial charge in [-0.3, -0.25) is 4.68 Å². The molecule has 0 spiro atoms. The minimum atomic E-state index is 0.517. The van der Waals surface area contributed by atoms with E-state index in [4.69, 9.17) is 23.2 Å². The largest absolute Gasteiger partial charge is 0.379 e. The SMILES string of the molecule is CCc1nn(CC)c(CNc2cccc(CCl)c2)c1Cl. The van der Waals surface area contributed by atoms with Crippen molar-refractivity contribution in [2.75, 3.05) is 5.32 Å². The highest BCUT2D eigenvalue weighted by molar-refractivity contribution is 6.31. The van der Waals surface area contributed by atoms with Crippen LogP contribution in [-0.4, -0.2) is 9.78 Å². The summed E-state index contributed by atoms with van der Waals surface area (Å²) in [5.41, 5.74) is 4.13. The predicted molar refractivity (Wildman–Crippen MR) is 85.6 cm³/mol. The van der Waals surface area contributed by atoms with E-state index in [-0.39, 0.29) is 0 Å². The first kappa shape index (κ1) is 15.2. The zero-order chi connectivity index (χ0) is 14.5. The molecule has 0 aliphatic heterocycles. The third-order valence-corrected chi connectivity index (χ3v) is 3.98. The standard InChI is InChI=1S/C15H19Cl2N3/c1-3-13-15(17)14(20(4-2)19-13)10-18-12-7-5-6-11(8-12)9-16/h5-8,18H,3-4,9-10H2,1-2H3. The van der Waals surface area contributed by atoms with Crippen molar-refractivity contribution in [1.82, 2.24) is 9.78 Å². The van der Waals surface area contributed by atoms with Gasteiger partial charge in [0.1, 0.15) is 0 Å². The van der Waals surface area contributed by atoms with Gasteiger partial charge in [0.2, 0.25) is 0 Å². The van der Waals surface area contributed by atoms with E-state index in [1.54, 1.807) is 0 Å². The van der Waals surface area contributed by atoms with E-state index in [2.05, 4.69) is 24.3 Å². The third-order valence-electron chi connectivity index (χ3n) is 3.24. The maximum absolute atomic E-state index is 6.39. The highest BCUT2D eigenvalue weighted by Gasteiger charge is 2.13. The average Bonchev–Trinajstić information content (AvgIpc) is 2.81. The first-order valence-corrected chi connectivity index (χ1v) is 7.73. The van der Waals surface area contributed by atoms with Crippen molar-refractivity contribution >= 4 is 28.9 Å². The Balaban J connectivity index is 2.15. The molecule has 2 aromatic rings. The average molecular weight is 312 g/mol. The summed E-state index contributed by atoms with van der Waals surface area (Å²) in [4.78, 5) is 0. The van der Waals surface area contributed by atoms with Gasteiger partial charge in [0.05, 0.1) is 23.0 Å². The van der Waals surface area contributed by atoms with Crippen LogP contribution in [0.15, 0.2) is 24.3 Å². The van der Waals surface area contributed by atoms with Gasteiger partial charge in [-0.05, 0) is 31.0 Å². The number of alkyl halides is 1. The monoisotopic (exact) mass is 311 g/mol. The number of aryl methyl sites for hydroxylation is 2. The Hall–Kier alpha value is -1.19. The molecule has 5 heteroatoms. The first-order valence-electron chi connectivity index (χ1n) is 6.82. The lowest BCUT2D eigenvalue weighted by Gasteiger charge is -2.09. The summed E-state index contributed by atoms with van der Waals surface area (Å²) in [6.45, 7) is 5.61. The highest BCUT2D eigenvalue weighted by atomic mass is 35.5. The number of hydrogen-bond acceptors (Lipinski definition) is 2. The molecule has 3 nitrogen and oxygen atoms in total. The van der Waals surface area contributed by atoms with Gasteiger partial charge in [-0.25, -0.2) is 0 Å². The maximum atomic E-state index is 6.39. The Morgan fingerprint density at radius 3 is 2.75 bits per heavy atom. The minimum absolute atomic E-state index is 0.517. The summed E-state index contributed by atoms with van der Waals surface area (Å²) < 4.78 is 1.96. The summed E-state index contributed by atoms with van der Waals surface area (Å²) in [6.07, 6.45) is 0.848. The van der Waals surface area contributed by atoms with Crippen molar-refractivity contribution in [3.05, 3.63) is 46.2 Å². The second kappa shape index (κ2) is 7.00. The van der Waals surface area contributed by atoms with E-state index >= 15 is 0 Å². The molecule has 0 amide bonds. The van der Waals surface area contributed by atoms with Gasteiger partial charge in [0.15, 0.2) is 0 Å². The van der Waals surface area contributed by atoms with Gasteiger partial charge in [-0.1, -0.05) is 30.7 Å². The molecule has 2 rings (SSSR count). The topological polar surface area (TPSA) is 29.9 Å². The van der Waals surface area contributed by atoms with Crippen LogP contribution in [0.5, 0.6) is 0 Å². The van der Waals surface area contributed by atoms with Crippen LogP contribution in [0.1, 0.15) is 30.8 Å². The molecule has 0 aliphatic rings. The second-order valence-electron chi connectivity index (χ2n) is 4.56. The van der Waals surface area contributed by atoms with Crippen molar-refractivity contribution in [2.45, 2.75) is 39.2 Å². The lowest BCUT2D eigenvalue weighted by atomic mass is 10.2. The number of nitrogens with one attached hydrogen (secondary N) is 1. The fourth-order valence-corrected chi connectivity index (χ4v) is 2.64. The molecule has 0 saturated heterocycles. The molecule has 1 heterocycles. The Labute approximate surface area is 129 Å². The third kappa shape index (κ3) is 3.28. The molecule has 0 aliphatic carbocycles. The van der Waals surface area contributed by atoms with Gasteiger partial charge >= 0.3 is 0 Å². The zero-order valence-corrected chi connectivity index (χ0v) is 13.3. The quantitative estimate of drug-likeness (QED) is 0.798. The van der Waals surface area contributed by atoms with E-state index < -0.39 is 0 Å². The van der Waals surface area contributed by atoms with Gasteiger partial charge in [-0.2, -0.15) is 5.10 Å². The lowest BCUT2D eigenvalue weighted by molar-refractivity contribution is 0.619. The molecule has 20 heavy (non-hydrogen) atoms. The Morgan fingerprint density at radius 1 is 1.30 bits per heavy atom. The first-order chi connectivity index (χ1) is 9.69. The second-order valence-corrected chi connectivity index (χ2v) is 5.21. The Bertz CT molecular complexity index is 578. The molecule has 0 fully saturated rings. The predicted octanol–water partition coefficient (Wildman–Crippen LogP) is 4.47. The Morgan fingerprint density at radius 2 is 2.10 bits per heavy atom. The molecule has 0 bridgehead atoms. The van der Waals surface area contributed by atoms with Gasteiger partial charge < -0.3 is 5.32 Å². The summed E-state index contributed by atoms with van der Waals surface area (Å²) in [5.74, 6) is 0.517. The van der Waals surface area contributed by atoms with Crippen LogP contribution in [0.25, 0.3) is 0 Å². The van der Waals surface area contributed by atoms with Crippen LogP contribution >= 0.6 is 23.2 Å². The van der Waals surface area contributed by atoms with Crippen molar-refractivity contribution in [3.8, 4) is 0 Å². The van der Waals surface area contributed by atoms with Crippen LogP contribution in [0.3, 0.4) is 0 Å². The van der Waals surface area contributed by atoms with E-state index in [1.807, 2.05) is 28.9 Å². The molecule has 1 aromatic heterocycles. The summed E-state index contributed by atoms with van der Waals surface area (Å²) >= 11 is 12.2. The van der Waals surface area contributed by atoms with Crippen LogP contribution in [0.2, 0.25) is 5.02 Å². The summed E-state index contributed by atoms with van der Waals surface area (Å²) in [7, 11) is 0. The van der Waals surface area contributed by atoms with Crippen molar-refractivity contribution < 1.29 is 0 Å². The fourth-order valence-electron chi connectivity index (χ4n) is 2.14. The van der Waals surface area contributed by atoms with Crippen LogP contribution in [0.4, 0.5) is 5.69 Å². The minimum Gasteiger partial charge on any atom is -0.379 e. The van der Waals surface area contributed by atoms with E-state index in [9.17, 15) is 0 Å². The van der Waals surface area contributed by atoms with Gasteiger partial charge in [0, 0.05) is 18.1 Å². The van der Waals surface area contributed by atoms with E-state index in [0.29, 0.717) is 12.4 Å². The smallest absolute Gasteiger partial charge is 0.0868 e. The Kier molecular flexibility index (Phi) is 5.32. The number of anilines is 1. The normalized spacial score (nSPS) is 10.8. The number of rotatable bonds is 6. The van der Waals surface area contributed by atoms with Crippen molar-refractivity contribution in [3.63, 3.8) is 0 Å². The van der Waals surface area contributed by atoms with Crippen LogP contribution < -0.4 is 5.32 Å². The van der Waals surface area contributed by atoms with Gasteiger partial charge in [-0.15, -0.1) is 11.6 Å². The van der Waals surface area contributed by atoms with E-state index in [1.165, 1.54) is 0 Å². The number of nitrogens with zero attached hydrogens (tertiary/aromatic N) is 2. The number of hydrogen-bond donors (Lipinski definition) is 1. The number of halogens is 2. The number of aromatic nitrogens is 2. The summed E-state index contributed by atoms with van der Waals surface area (Å²) in [5, 5.41) is 8.67. The van der Waals surface area contributed by atoms with Crippen molar-refractivity contribution in [2.24, 2.45) is 0 Å². The molecule has 108 valence electrons. The molecule has 0 saturated carbocycles. The molecule has 0 atom stereocenters. The molecule has 1 N–H and O–H groups in total. The number of benzene rings is 1. The zero-order valence-electron chi connectivity index (χ0n) is 11.8. The van der Waals surface area contributed by atoms with Crippen molar-refractivity contribution in [1.29, 1.82) is 0 Å². The lowest BCUT2D eigenvalue weighted by Crippen LogP contribution is -2.08. The summed E-state index contributed by atoms with van der Waals surface area (Å²) in [6, 6.07) is 8.08. The maximum Gasteiger partial charge on any atom is 0.0868 e. The van der Waals surface area contributed by atoms with E-state index in [0.717, 1.165) is 40.6 Å².